The summed E-state index contributed by atoms with van der Waals surface area (Å²) in [6, 6.07) is 28.4. The van der Waals surface area contributed by atoms with Gasteiger partial charge in [-0.25, -0.2) is 17.6 Å². The SMILES string of the molecule is COc1ccc(-c2cccc(Cl)c2F)c(OC)c1-c1ccccc1F.COc1ccc(Br)c(OC)c1-c1ccccc1F.OB(O)c1cccc(Cl)c1F. The first-order chi connectivity index (χ1) is 25.9. The van der Waals surface area contributed by atoms with Crippen LogP contribution in [0.2, 0.25) is 10.0 Å². The van der Waals surface area contributed by atoms with Gasteiger partial charge in [0, 0.05) is 27.7 Å². The van der Waals surface area contributed by atoms with Gasteiger partial charge in [-0.3, -0.25) is 0 Å². The van der Waals surface area contributed by atoms with Crippen molar-refractivity contribution >= 4 is 51.7 Å². The average Bonchev–Trinajstić information content (AvgIpc) is 3.17. The Morgan fingerprint density at radius 3 is 1.44 bits per heavy atom. The van der Waals surface area contributed by atoms with Gasteiger partial charge in [0.05, 0.1) is 54.1 Å². The average molecular weight is 846 g/mol. The number of ether oxygens (including phenoxy) is 4. The van der Waals surface area contributed by atoms with Crippen molar-refractivity contribution in [2.24, 2.45) is 0 Å². The fourth-order valence-electron chi connectivity index (χ4n) is 5.34. The molecule has 0 fully saturated rings. The summed E-state index contributed by atoms with van der Waals surface area (Å²) in [5, 5.41) is 17.1. The van der Waals surface area contributed by atoms with Crippen molar-refractivity contribution in [3.05, 3.63) is 147 Å². The summed E-state index contributed by atoms with van der Waals surface area (Å²) in [4.78, 5) is 0. The zero-order chi connectivity index (χ0) is 39.5. The quantitative estimate of drug-likeness (QED) is 0.117. The second-order valence-corrected chi connectivity index (χ2v) is 12.6. The fourth-order valence-corrected chi connectivity index (χ4v) is 6.19. The summed E-state index contributed by atoms with van der Waals surface area (Å²) in [5.41, 5.74) is 2.30. The topological polar surface area (TPSA) is 77.4 Å². The normalized spacial score (nSPS) is 10.3. The molecule has 0 aliphatic heterocycles. The maximum Gasteiger partial charge on any atom is 0.491 e. The smallest absolute Gasteiger partial charge is 0.491 e. The standard InChI is InChI=1S/C20H15ClF2O2.C14H12BrFO2.C6H5BClFO2/c1-24-17-11-10-13(12-7-5-8-15(21)19(12)23)20(25-2)18(17)14-6-3-4-9-16(14)22;1-17-12-8-7-10(15)14(18-2)13(12)9-5-3-4-6-11(9)16;8-5-3-1-2-4(6(5)9)7(10)11/h3-11H,1-2H3;3-8H,1-2H3;1-3,10-11H. The zero-order valence-electron chi connectivity index (χ0n) is 29.1. The van der Waals surface area contributed by atoms with E-state index in [2.05, 4.69) is 15.9 Å². The first-order valence-electron chi connectivity index (χ1n) is 15.8. The zero-order valence-corrected chi connectivity index (χ0v) is 32.2. The second-order valence-electron chi connectivity index (χ2n) is 11.0. The molecule has 0 saturated heterocycles. The number of methoxy groups -OCH3 is 4. The highest BCUT2D eigenvalue weighted by Crippen LogP contribution is 2.47. The molecule has 6 aromatic carbocycles. The monoisotopic (exact) mass is 844 g/mol. The fraction of sp³-hybridized carbons (Fsp3) is 0.100. The Labute approximate surface area is 328 Å². The Kier molecular flexibility index (Phi) is 15.2. The van der Waals surface area contributed by atoms with Gasteiger partial charge in [0.25, 0.3) is 0 Å². The van der Waals surface area contributed by atoms with Crippen LogP contribution >= 0.6 is 39.1 Å². The van der Waals surface area contributed by atoms with Crippen LogP contribution in [0.5, 0.6) is 23.0 Å². The number of halogens is 7. The highest BCUT2D eigenvalue weighted by molar-refractivity contribution is 9.10. The highest BCUT2D eigenvalue weighted by Gasteiger charge is 2.23. The molecular weight excluding hydrogens is 814 g/mol. The molecule has 6 rings (SSSR count). The summed E-state index contributed by atoms with van der Waals surface area (Å²) in [6.45, 7) is 0. The van der Waals surface area contributed by atoms with Crippen LogP contribution in [0.3, 0.4) is 0 Å². The van der Waals surface area contributed by atoms with Crippen molar-refractivity contribution in [1.82, 2.24) is 0 Å². The van der Waals surface area contributed by atoms with Crippen LogP contribution in [0.4, 0.5) is 17.6 Å². The number of hydrogen-bond acceptors (Lipinski definition) is 6. The molecular formula is C40H32BBrCl2F4O6. The lowest BCUT2D eigenvalue weighted by molar-refractivity contribution is 0.395. The minimum absolute atomic E-state index is 0.00260. The maximum atomic E-state index is 14.5. The predicted molar refractivity (Wildman–Crippen MR) is 209 cm³/mol. The molecule has 0 aromatic heterocycles. The summed E-state index contributed by atoms with van der Waals surface area (Å²) >= 11 is 14.6. The van der Waals surface area contributed by atoms with Crippen LogP contribution in [0.25, 0.3) is 33.4 Å². The van der Waals surface area contributed by atoms with Crippen molar-refractivity contribution in [3.63, 3.8) is 0 Å². The Morgan fingerprint density at radius 2 is 0.963 bits per heavy atom. The molecule has 0 aliphatic carbocycles. The minimum atomic E-state index is -1.81. The van der Waals surface area contributed by atoms with Crippen molar-refractivity contribution in [3.8, 4) is 56.4 Å². The van der Waals surface area contributed by atoms with E-state index in [1.54, 1.807) is 80.9 Å². The van der Waals surface area contributed by atoms with Crippen LogP contribution in [-0.4, -0.2) is 45.6 Å². The third-order valence-corrected chi connectivity index (χ3v) is 9.04. The molecule has 0 heterocycles. The molecule has 0 saturated carbocycles. The molecule has 2 N–H and O–H groups in total. The molecule has 0 spiro atoms. The summed E-state index contributed by atoms with van der Waals surface area (Å²) in [7, 11) is 4.22. The molecule has 0 bridgehead atoms. The van der Waals surface area contributed by atoms with Crippen LogP contribution in [0, 0.1) is 23.3 Å². The Morgan fingerprint density at radius 1 is 0.500 bits per heavy atom. The molecule has 54 heavy (non-hydrogen) atoms. The third-order valence-electron chi connectivity index (χ3n) is 7.83. The van der Waals surface area contributed by atoms with Crippen LogP contribution in [-0.2, 0) is 0 Å². The predicted octanol–water partition coefficient (Wildman–Crippen LogP) is 10.4. The van der Waals surface area contributed by atoms with Gasteiger partial charge in [-0.15, -0.1) is 0 Å². The summed E-state index contributed by atoms with van der Waals surface area (Å²) in [5.74, 6) is -0.232. The van der Waals surface area contributed by atoms with E-state index in [4.69, 9.17) is 52.2 Å². The van der Waals surface area contributed by atoms with Gasteiger partial charge in [-0.1, -0.05) is 83.9 Å². The van der Waals surface area contributed by atoms with Crippen LogP contribution in [0.15, 0.2) is 114 Å². The lowest BCUT2D eigenvalue weighted by Gasteiger charge is -2.18. The second kappa shape index (κ2) is 19.6. The molecule has 0 radical (unpaired) electrons. The van der Waals surface area contributed by atoms with E-state index in [0.29, 0.717) is 50.8 Å². The number of benzene rings is 6. The Hall–Kier alpha value is -4.72. The van der Waals surface area contributed by atoms with E-state index < -0.39 is 24.6 Å². The van der Waals surface area contributed by atoms with E-state index >= 15 is 0 Å². The van der Waals surface area contributed by atoms with E-state index in [9.17, 15) is 17.6 Å². The number of rotatable bonds is 8. The molecule has 0 aliphatic rings. The van der Waals surface area contributed by atoms with Crippen molar-refractivity contribution in [1.29, 1.82) is 0 Å². The van der Waals surface area contributed by atoms with Gasteiger partial charge in [0.15, 0.2) is 0 Å². The van der Waals surface area contributed by atoms with Gasteiger partial charge < -0.3 is 29.0 Å². The van der Waals surface area contributed by atoms with Gasteiger partial charge in [-0.2, -0.15) is 0 Å². The molecule has 0 atom stereocenters. The van der Waals surface area contributed by atoms with Crippen molar-refractivity contribution in [2.45, 2.75) is 0 Å². The van der Waals surface area contributed by atoms with Gasteiger partial charge in [0.1, 0.15) is 46.3 Å². The van der Waals surface area contributed by atoms with E-state index in [-0.39, 0.29) is 26.9 Å². The van der Waals surface area contributed by atoms with Crippen LogP contribution < -0.4 is 24.4 Å². The minimum Gasteiger partial charge on any atom is -0.496 e. The van der Waals surface area contributed by atoms with E-state index in [0.717, 1.165) is 4.47 Å². The summed E-state index contributed by atoms with van der Waals surface area (Å²) in [6.07, 6.45) is 0. The van der Waals surface area contributed by atoms with Crippen molar-refractivity contribution < 1.29 is 46.6 Å². The Balaban J connectivity index is 0.000000195. The molecule has 6 nitrogen and oxygen atoms in total. The van der Waals surface area contributed by atoms with Gasteiger partial charge >= 0.3 is 7.12 Å². The van der Waals surface area contributed by atoms with Gasteiger partial charge in [-0.05, 0) is 64.5 Å². The molecule has 0 unspecified atom stereocenters. The first kappa shape index (κ1) is 42.0. The van der Waals surface area contributed by atoms with Crippen molar-refractivity contribution in [2.75, 3.05) is 28.4 Å². The first-order valence-corrected chi connectivity index (χ1v) is 17.3. The molecule has 280 valence electrons. The highest BCUT2D eigenvalue weighted by atomic mass is 79.9. The number of hydrogen-bond donors (Lipinski definition) is 2. The van der Waals surface area contributed by atoms with E-state index in [1.807, 2.05) is 6.07 Å². The summed E-state index contributed by atoms with van der Waals surface area (Å²) < 4.78 is 77.9. The van der Waals surface area contributed by atoms with E-state index in [1.165, 1.54) is 50.6 Å². The Bertz CT molecular complexity index is 2230. The maximum absolute atomic E-state index is 14.5. The molecule has 6 aromatic rings. The molecule has 0 amide bonds. The lowest BCUT2D eigenvalue weighted by Crippen LogP contribution is -2.32. The van der Waals surface area contributed by atoms with Gasteiger partial charge in [0.2, 0.25) is 0 Å². The lowest BCUT2D eigenvalue weighted by atomic mass is 9.80. The molecule has 14 heteroatoms. The largest absolute Gasteiger partial charge is 0.496 e. The third kappa shape index (κ3) is 9.50. The van der Waals surface area contributed by atoms with Crippen LogP contribution in [0.1, 0.15) is 0 Å².